The molecule has 0 heterocycles. The summed E-state index contributed by atoms with van der Waals surface area (Å²) >= 11 is 0. The van der Waals surface area contributed by atoms with Gasteiger partial charge in [-0.15, -0.1) is 0 Å². The molecule has 0 amide bonds. The molecule has 0 aromatic heterocycles. The molecule has 0 saturated carbocycles. The van der Waals surface area contributed by atoms with Gasteiger partial charge in [0.05, 0.1) is 0 Å². The van der Waals surface area contributed by atoms with Crippen LogP contribution in [0.3, 0.4) is 0 Å². The molecular weight excluding hydrogens is 689 g/mol. The zero-order valence-corrected chi connectivity index (χ0v) is 40.6. The molecular formula is C56H114O. The van der Waals surface area contributed by atoms with Gasteiger partial charge in [-0.2, -0.15) is 0 Å². The van der Waals surface area contributed by atoms with E-state index >= 15 is 0 Å². The van der Waals surface area contributed by atoms with Crippen molar-refractivity contribution in [2.24, 2.45) is 0 Å². The van der Waals surface area contributed by atoms with Crippen molar-refractivity contribution in [3.63, 3.8) is 0 Å². The molecule has 0 aromatic rings. The van der Waals surface area contributed by atoms with E-state index in [1.54, 1.807) is 0 Å². The zero-order valence-electron chi connectivity index (χ0n) is 40.6. The first-order valence-corrected chi connectivity index (χ1v) is 28.0. The molecule has 0 aliphatic rings. The number of rotatable bonds is 54. The number of hydrogen-bond donors (Lipinski definition) is 0. The van der Waals surface area contributed by atoms with Gasteiger partial charge in [0.2, 0.25) is 0 Å². The van der Waals surface area contributed by atoms with Gasteiger partial charge in [-0.25, -0.2) is 0 Å². The molecule has 0 radical (unpaired) electrons. The fourth-order valence-electron chi connectivity index (χ4n) is 9.14. The lowest BCUT2D eigenvalue weighted by Crippen LogP contribution is -1.97. The Morgan fingerprint density at radius 1 is 0.140 bits per heavy atom. The highest BCUT2D eigenvalue weighted by atomic mass is 16.5. The molecule has 0 unspecified atom stereocenters. The van der Waals surface area contributed by atoms with E-state index in [4.69, 9.17) is 4.74 Å². The monoisotopic (exact) mass is 803 g/mol. The van der Waals surface area contributed by atoms with Crippen LogP contribution in [0.4, 0.5) is 0 Å². The standard InChI is InChI=1S/C56H114O/c1-3-5-7-9-10-11-12-13-14-15-16-17-18-19-20-21-22-23-24-25-26-27-28-29-30-31-32-33-34-35-36-37-38-39-40-41-42-43-44-45-46-47-48-49-50-51-52-54-56-57-55-53-8-6-4-2/h3-56H2,1-2H3. The number of hydrogen-bond acceptors (Lipinski definition) is 1. The van der Waals surface area contributed by atoms with Gasteiger partial charge in [0, 0.05) is 13.2 Å². The Labute approximate surface area is 364 Å². The van der Waals surface area contributed by atoms with Crippen LogP contribution in [0.2, 0.25) is 0 Å². The first-order valence-electron chi connectivity index (χ1n) is 28.0. The average Bonchev–Trinajstić information content (AvgIpc) is 3.22. The van der Waals surface area contributed by atoms with Gasteiger partial charge in [-0.05, 0) is 12.8 Å². The van der Waals surface area contributed by atoms with Crippen LogP contribution in [0.1, 0.15) is 348 Å². The Morgan fingerprint density at radius 2 is 0.246 bits per heavy atom. The molecule has 0 aliphatic heterocycles. The maximum Gasteiger partial charge on any atom is 0.0466 e. The van der Waals surface area contributed by atoms with E-state index in [0.29, 0.717) is 0 Å². The predicted molar refractivity (Wildman–Crippen MR) is 262 cm³/mol. The highest BCUT2D eigenvalue weighted by Crippen LogP contribution is 2.18. The molecule has 0 spiro atoms. The Hall–Kier alpha value is -0.0400. The van der Waals surface area contributed by atoms with Gasteiger partial charge in [-0.3, -0.25) is 0 Å². The average molecular weight is 804 g/mol. The molecule has 0 fully saturated rings. The quantitative estimate of drug-likeness (QED) is 0.0557. The van der Waals surface area contributed by atoms with Crippen LogP contribution >= 0.6 is 0 Å². The molecule has 344 valence electrons. The lowest BCUT2D eigenvalue weighted by molar-refractivity contribution is 0.125. The van der Waals surface area contributed by atoms with Gasteiger partial charge in [-0.1, -0.05) is 335 Å². The highest BCUT2D eigenvalue weighted by Gasteiger charge is 1.99. The topological polar surface area (TPSA) is 9.23 Å². The molecule has 0 rings (SSSR count). The van der Waals surface area contributed by atoms with E-state index in [1.165, 1.54) is 334 Å². The normalized spacial score (nSPS) is 11.7. The number of ether oxygens (including phenoxy) is 1. The van der Waals surface area contributed by atoms with Crippen molar-refractivity contribution in [2.75, 3.05) is 13.2 Å². The van der Waals surface area contributed by atoms with Crippen molar-refractivity contribution in [1.82, 2.24) is 0 Å². The van der Waals surface area contributed by atoms with Crippen LogP contribution in [0.15, 0.2) is 0 Å². The molecule has 0 aromatic carbocycles. The van der Waals surface area contributed by atoms with Gasteiger partial charge in [0.25, 0.3) is 0 Å². The molecule has 1 nitrogen and oxygen atoms in total. The van der Waals surface area contributed by atoms with Gasteiger partial charge < -0.3 is 4.74 Å². The van der Waals surface area contributed by atoms with Gasteiger partial charge in [0.1, 0.15) is 0 Å². The summed E-state index contributed by atoms with van der Waals surface area (Å²) < 4.78 is 5.76. The molecule has 0 saturated heterocycles. The summed E-state index contributed by atoms with van der Waals surface area (Å²) in [6, 6.07) is 0. The van der Waals surface area contributed by atoms with Crippen molar-refractivity contribution >= 4 is 0 Å². The second kappa shape index (κ2) is 56.0. The minimum atomic E-state index is 0.986. The first kappa shape index (κ1) is 57.0. The third-order valence-corrected chi connectivity index (χ3v) is 13.3. The summed E-state index contributed by atoms with van der Waals surface area (Å²) in [5.41, 5.74) is 0. The molecule has 0 aliphatic carbocycles. The molecule has 0 N–H and O–H groups in total. The first-order chi connectivity index (χ1) is 28.4. The summed E-state index contributed by atoms with van der Waals surface area (Å²) in [4.78, 5) is 0. The highest BCUT2D eigenvalue weighted by molar-refractivity contribution is 4.55. The fourth-order valence-corrected chi connectivity index (χ4v) is 9.14. The molecule has 57 heavy (non-hydrogen) atoms. The largest absolute Gasteiger partial charge is 0.381 e. The minimum absolute atomic E-state index is 0.986. The van der Waals surface area contributed by atoms with Crippen molar-refractivity contribution in [3.05, 3.63) is 0 Å². The van der Waals surface area contributed by atoms with E-state index in [-0.39, 0.29) is 0 Å². The molecule has 1 heteroatoms. The predicted octanol–water partition coefficient (Wildman–Crippen LogP) is 21.3. The maximum atomic E-state index is 5.76. The van der Waals surface area contributed by atoms with Crippen LogP contribution < -0.4 is 0 Å². The van der Waals surface area contributed by atoms with Crippen molar-refractivity contribution < 1.29 is 4.74 Å². The lowest BCUT2D eigenvalue weighted by Gasteiger charge is -2.05. The van der Waals surface area contributed by atoms with Crippen LogP contribution in [0.5, 0.6) is 0 Å². The fraction of sp³-hybridized carbons (Fsp3) is 1.00. The SMILES string of the molecule is CCCCCCCCCCCCCCCCCCCCCCCCCCCCCCCCCCCCCCCCCCCCCCCCCCOCCCCCC. The minimum Gasteiger partial charge on any atom is -0.381 e. The third kappa shape index (κ3) is 56.0. The van der Waals surface area contributed by atoms with E-state index in [0.717, 1.165) is 13.2 Å². The second-order valence-electron chi connectivity index (χ2n) is 19.3. The second-order valence-corrected chi connectivity index (χ2v) is 19.3. The van der Waals surface area contributed by atoms with Crippen molar-refractivity contribution in [2.45, 2.75) is 348 Å². The number of unbranched alkanes of at least 4 members (excludes halogenated alkanes) is 50. The molecule has 0 atom stereocenters. The summed E-state index contributed by atoms with van der Waals surface area (Å²) in [5.74, 6) is 0. The van der Waals surface area contributed by atoms with E-state index in [9.17, 15) is 0 Å². The smallest absolute Gasteiger partial charge is 0.0466 e. The third-order valence-electron chi connectivity index (χ3n) is 13.3. The Bertz CT molecular complexity index is 589. The summed E-state index contributed by atoms with van der Waals surface area (Å²) in [6.45, 7) is 6.56. The van der Waals surface area contributed by atoms with Crippen LogP contribution in [-0.4, -0.2) is 13.2 Å². The summed E-state index contributed by atoms with van der Waals surface area (Å²) in [7, 11) is 0. The van der Waals surface area contributed by atoms with Crippen LogP contribution in [0, 0.1) is 0 Å². The van der Waals surface area contributed by atoms with E-state index < -0.39 is 0 Å². The van der Waals surface area contributed by atoms with Crippen LogP contribution in [0.25, 0.3) is 0 Å². The van der Waals surface area contributed by atoms with Crippen molar-refractivity contribution in [1.29, 1.82) is 0 Å². The van der Waals surface area contributed by atoms with Gasteiger partial charge >= 0.3 is 0 Å². The Balaban J connectivity index is 3.05. The van der Waals surface area contributed by atoms with Crippen LogP contribution in [-0.2, 0) is 4.74 Å². The summed E-state index contributed by atoms with van der Waals surface area (Å²) in [5, 5.41) is 0. The van der Waals surface area contributed by atoms with Gasteiger partial charge in [0.15, 0.2) is 0 Å². The summed E-state index contributed by atoms with van der Waals surface area (Å²) in [6.07, 6.45) is 76.2. The van der Waals surface area contributed by atoms with Crippen molar-refractivity contribution in [3.8, 4) is 0 Å². The Kier molecular flexibility index (Phi) is 55.9. The Morgan fingerprint density at radius 3 is 0.386 bits per heavy atom. The maximum absolute atomic E-state index is 5.76. The molecule has 0 bridgehead atoms. The van der Waals surface area contributed by atoms with E-state index in [1.807, 2.05) is 0 Å². The lowest BCUT2D eigenvalue weighted by atomic mass is 10.0. The van der Waals surface area contributed by atoms with E-state index in [2.05, 4.69) is 13.8 Å². The zero-order chi connectivity index (χ0) is 40.9.